The Labute approximate surface area is 103 Å². The smallest absolute Gasteiger partial charge is 0.318 e. The van der Waals surface area contributed by atoms with E-state index in [-0.39, 0.29) is 17.9 Å². The van der Waals surface area contributed by atoms with Gasteiger partial charge in [-0.05, 0) is 6.42 Å². The number of nitrogens with zero attached hydrogens (tertiary/aromatic N) is 1. The van der Waals surface area contributed by atoms with Crippen molar-refractivity contribution in [2.24, 2.45) is 0 Å². The molecule has 0 bridgehead atoms. The summed E-state index contributed by atoms with van der Waals surface area (Å²) >= 11 is 0. The van der Waals surface area contributed by atoms with E-state index in [1.807, 2.05) is 0 Å². The van der Waals surface area contributed by atoms with Crippen LogP contribution >= 0.6 is 0 Å². The lowest BCUT2D eigenvalue weighted by molar-refractivity contribution is -0.386. The third kappa shape index (κ3) is 3.09. The zero-order valence-corrected chi connectivity index (χ0v) is 10.0. The monoisotopic (exact) mass is 255 g/mol. The van der Waals surface area contributed by atoms with E-state index in [1.54, 1.807) is 6.92 Å². The number of nitro benzene ring substituents is 1. The molecule has 0 saturated carbocycles. The molecule has 0 amide bonds. The van der Waals surface area contributed by atoms with Gasteiger partial charge in [-0.25, -0.2) is 0 Å². The van der Waals surface area contributed by atoms with Gasteiger partial charge in [-0.15, -0.1) is 0 Å². The Kier molecular flexibility index (Phi) is 4.47. The van der Waals surface area contributed by atoms with Gasteiger partial charge in [-0.3, -0.25) is 14.9 Å². The summed E-state index contributed by atoms with van der Waals surface area (Å²) in [7, 11) is 1.25. The molecular formula is C11H13NO6. The number of benzene rings is 1. The number of phenols is 1. The summed E-state index contributed by atoms with van der Waals surface area (Å²) in [5.41, 5.74) is -0.575. The highest BCUT2D eigenvalue weighted by Crippen LogP contribution is 2.39. The van der Waals surface area contributed by atoms with E-state index in [0.29, 0.717) is 6.42 Å². The van der Waals surface area contributed by atoms with Crippen molar-refractivity contribution in [3.05, 3.63) is 22.2 Å². The fourth-order valence-electron chi connectivity index (χ4n) is 1.31. The highest BCUT2D eigenvalue weighted by atomic mass is 16.6. The average Bonchev–Trinajstić information content (AvgIpc) is 2.31. The first kappa shape index (κ1) is 13.8. The number of ether oxygens (including phenoxy) is 2. The van der Waals surface area contributed by atoms with Crippen LogP contribution in [0.5, 0.6) is 17.2 Å². The molecule has 0 heterocycles. The maximum Gasteiger partial charge on any atom is 0.318 e. The molecule has 0 unspecified atom stereocenters. The van der Waals surface area contributed by atoms with Crippen molar-refractivity contribution in [1.82, 2.24) is 0 Å². The number of carbonyl (C=O) groups is 1. The Hall–Kier alpha value is -2.31. The number of carbonyl (C=O) groups excluding carboxylic acids is 1. The molecule has 0 saturated heterocycles. The molecule has 98 valence electrons. The van der Waals surface area contributed by atoms with Gasteiger partial charge in [0, 0.05) is 12.5 Å². The quantitative estimate of drug-likeness (QED) is 0.374. The van der Waals surface area contributed by atoms with Crippen molar-refractivity contribution in [2.45, 2.75) is 19.8 Å². The van der Waals surface area contributed by atoms with Gasteiger partial charge in [-0.2, -0.15) is 0 Å². The van der Waals surface area contributed by atoms with E-state index in [4.69, 9.17) is 9.47 Å². The molecule has 0 aliphatic heterocycles. The fraction of sp³-hybridized carbons (Fsp3) is 0.364. The molecule has 0 aromatic heterocycles. The van der Waals surface area contributed by atoms with Gasteiger partial charge in [0.2, 0.25) is 5.75 Å². The third-order valence-corrected chi connectivity index (χ3v) is 2.13. The van der Waals surface area contributed by atoms with E-state index in [0.717, 1.165) is 6.07 Å². The lowest BCUT2D eigenvalue weighted by Gasteiger charge is -2.07. The van der Waals surface area contributed by atoms with Crippen LogP contribution in [0.25, 0.3) is 0 Å². The second-order valence-corrected chi connectivity index (χ2v) is 3.47. The van der Waals surface area contributed by atoms with Gasteiger partial charge in [0.1, 0.15) is 5.75 Å². The van der Waals surface area contributed by atoms with Crippen LogP contribution in [-0.2, 0) is 4.79 Å². The summed E-state index contributed by atoms with van der Waals surface area (Å²) in [5, 5.41) is 20.2. The highest BCUT2D eigenvalue weighted by Gasteiger charge is 2.21. The van der Waals surface area contributed by atoms with Crippen molar-refractivity contribution in [3.63, 3.8) is 0 Å². The number of esters is 1. The molecule has 18 heavy (non-hydrogen) atoms. The first-order chi connectivity index (χ1) is 8.49. The molecule has 0 fully saturated rings. The summed E-state index contributed by atoms with van der Waals surface area (Å²) in [6.07, 6.45) is 0.813. The van der Waals surface area contributed by atoms with E-state index in [9.17, 15) is 20.0 Å². The molecule has 1 rings (SSSR count). The Morgan fingerprint density at radius 2 is 2.17 bits per heavy atom. The topological polar surface area (TPSA) is 98.9 Å². The minimum atomic E-state index is -0.783. The van der Waals surface area contributed by atoms with Crippen LogP contribution in [0.2, 0.25) is 0 Å². The first-order valence-electron chi connectivity index (χ1n) is 5.25. The van der Waals surface area contributed by atoms with Crippen LogP contribution in [0, 0.1) is 10.1 Å². The molecule has 7 heteroatoms. The van der Waals surface area contributed by atoms with Crippen molar-refractivity contribution in [1.29, 1.82) is 0 Å². The molecule has 0 spiro atoms. The standard InChI is InChI=1S/C11H13NO6/c1-3-4-10(13)18-7-5-8(12(15)16)11(14)9(6-7)17-2/h5-6,14H,3-4H2,1-2H3. The predicted molar refractivity (Wildman–Crippen MR) is 61.9 cm³/mol. The number of methoxy groups -OCH3 is 1. The third-order valence-electron chi connectivity index (χ3n) is 2.13. The maximum absolute atomic E-state index is 11.3. The molecule has 0 aliphatic rings. The Balaban J connectivity index is 3.10. The van der Waals surface area contributed by atoms with Crippen molar-refractivity contribution in [3.8, 4) is 17.2 Å². The number of rotatable bonds is 5. The molecule has 7 nitrogen and oxygen atoms in total. The Morgan fingerprint density at radius 1 is 1.50 bits per heavy atom. The number of hydrogen-bond acceptors (Lipinski definition) is 6. The summed E-state index contributed by atoms with van der Waals surface area (Å²) in [6, 6.07) is 2.20. The normalized spacial score (nSPS) is 9.89. The maximum atomic E-state index is 11.3. The van der Waals surface area contributed by atoms with Gasteiger partial charge < -0.3 is 14.6 Å². The van der Waals surface area contributed by atoms with Crippen molar-refractivity contribution in [2.75, 3.05) is 7.11 Å². The van der Waals surface area contributed by atoms with Crippen molar-refractivity contribution >= 4 is 11.7 Å². The van der Waals surface area contributed by atoms with Crippen LogP contribution in [0.1, 0.15) is 19.8 Å². The Bertz CT molecular complexity index is 471. The molecule has 1 aromatic carbocycles. The van der Waals surface area contributed by atoms with Crippen LogP contribution in [0.15, 0.2) is 12.1 Å². The van der Waals surface area contributed by atoms with Crippen LogP contribution in [-0.4, -0.2) is 23.1 Å². The zero-order chi connectivity index (χ0) is 13.7. The van der Waals surface area contributed by atoms with Crippen LogP contribution in [0.4, 0.5) is 5.69 Å². The summed E-state index contributed by atoms with van der Waals surface area (Å²) in [4.78, 5) is 21.2. The molecule has 0 aliphatic carbocycles. The van der Waals surface area contributed by atoms with Gasteiger partial charge in [0.25, 0.3) is 0 Å². The zero-order valence-electron chi connectivity index (χ0n) is 10.0. The highest BCUT2D eigenvalue weighted by molar-refractivity contribution is 5.73. The van der Waals surface area contributed by atoms with Crippen LogP contribution in [0.3, 0.4) is 0 Å². The van der Waals surface area contributed by atoms with E-state index < -0.39 is 22.3 Å². The van der Waals surface area contributed by atoms with E-state index >= 15 is 0 Å². The number of nitro groups is 1. The molecule has 0 atom stereocenters. The van der Waals surface area contributed by atoms with Gasteiger partial charge >= 0.3 is 11.7 Å². The van der Waals surface area contributed by atoms with E-state index in [2.05, 4.69) is 0 Å². The van der Waals surface area contributed by atoms with Gasteiger partial charge in [0.15, 0.2) is 5.75 Å². The summed E-state index contributed by atoms with van der Waals surface area (Å²) < 4.78 is 9.68. The van der Waals surface area contributed by atoms with E-state index in [1.165, 1.54) is 13.2 Å². The summed E-state index contributed by atoms with van der Waals surface area (Å²) in [6.45, 7) is 1.81. The lowest BCUT2D eigenvalue weighted by Crippen LogP contribution is -2.07. The molecular weight excluding hydrogens is 242 g/mol. The number of aromatic hydroxyl groups is 1. The molecule has 0 radical (unpaired) electrons. The summed E-state index contributed by atoms with van der Waals surface area (Å²) in [5.74, 6) is -1.25. The molecule has 1 N–H and O–H groups in total. The largest absolute Gasteiger partial charge is 0.500 e. The van der Waals surface area contributed by atoms with Gasteiger partial charge in [-0.1, -0.05) is 6.92 Å². The fourth-order valence-corrected chi connectivity index (χ4v) is 1.31. The van der Waals surface area contributed by atoms with Crippen LogP contribution < -0.4 is 9.47 Å². The number of phenolic OH excluding ortho intramolecular Hbond substituents is 1. The minimum Gasteiger partial charge on any atom is -0.500 e. The SMILES string of the molecule is CCCC(=O)Oc1cc(OC)c(O)c([N+](=O)[O-])c1. The minimum absolute atomic E-state index is 0.0326. The number of hydrogen-bond donors (Lipinski definition) is 1. The second kappa shape index (κ2) is 5.85. The predicted octanol–water partition coefficient (Wildman–Crippen LogP) is 2.01. The second-order valence-electron chi connectivity index (χ2n) is 3.47. The first-order valence-corrected chi connectivity index (χ1v) is 5.25. The lowest BCUT2D eigenvalue weighted by atomic mass is 10.2. The van der Waals surface area contributed by atoms with Crippen molar-refractivity contribution < 1.29 is 24.3 Å². The molecule has 1 aromatic rings. The Morgan fingerprint density at radius 3 is 2.67 bits per heavy atom. The average molecular weight is 255 g/mol. The van der Waals surface area contributed by atoms with Gasteiger partial charge in [0.05, 0.1) is 18.1 Å².